The Morgan fingerprint density at radius 3 is 2.09 bits per heavy atom. The van der Waals surface area contributed by atoms with Crippen LogP contribution in [0.5, 0.6) is 17.2 Å². The highest BCUT2D eigenvalue weighted by molar-refractivity contribution is 6.01. The van der Waals surface area contributed by atoms with Crippen molar-refractivity contribution < 1.29 is 33.7 Å². The van der Waals surface area contributed by atoms with Gasteiger partial charge in [-0.25, -0.2) is 4.79 Å². The molecule has 4 rings (SSSR count). The topological polar surface area (TPSA) is 138 Å². The van der Waals surface area contributed by atoms with Crippen molar-refractivity contribution in [3.63, 3.8) is 0 Å². The van der Waals surface area contributed by atoms with Gasteiger partial charge in [0, 0.05) is 18.7 Å². The Morgan fingerprint density at radius 2 is 1.47 bits per heavy atom. The Kier molecular flexibility index (Phi) is 11.3. The van der Waals surface area contributed by atoms with Crippen LogP contribution in [0.15, 0.2) is 60.7 Å². The summed E-state index contributed by atoms with van der Waals surface area (Å²) in [6.45, 7) is 4.69. The first-order valence-corrected chi connectivity index (χ1v) is 14.9. The number of carboxylic acids is 1. The smallest absolute Gasteiger partial charge is 0.323 e. The van der Waals surface area contributed by atoms with Gasteiger partial charge in [-0.05, 0) is 85.8 Å². The number of carboxylic acid groups (broad SMARTS) is 1. The molecule has 3 aromatic rings. The zero-order valence-electron chi connectivity index (χ0n) is 26.4. The van der Waals surface area contributed by atoms with Gasteiger partial charge in [0.25, 0.3) is 0 Å². The second kappa shape index (κ2) is 15.3. The summed E-state index contributed by atoms with van der Waals surface area (Å²) in [4.78, 5) is 39.1. The van der Waals surface area contributed by atoms with Crippen molar-refractivity contribution in [3.8, 4) is 17.2 Å². The maximum absolute atomic E-state index is 12.7. The number of para-hydroxylation sites is 1. The molecule has 0 aliphatic carbocycles. The number of carbonyl (C=O) groups is 3. The summed E-state index contributed by atoms with van der Waals surface area (Å²) in [7, 11) is 4.65. The first-order valence-electron chi connectivity index (χ1n) is 14.9. The minimum Gasteiger partial charge on any atom is -0.495 e. The van der Waals surface area contributed by atoms with Crippen molar-refractivity contribution in [1.29, 1.82) is 0 Å². The van der Waals surface area contributed by atoms with Crippen molar-refractivity contribution in [2.75, 3.05) is 45.1 Å². The summed E-state index contributed by atoms with van der Waals surface area (Å²) in [5.74, 6) is 0.641. The van der Waals surface area contributed by atoms with Gasteiger partial charge in [0.05, 0.1) is 39.5 Å². The predicted octanol–water partition coefficient (Wildman–Crippen LogP) is 5.77. The quantitative estimate of drug-likeness (QED) is 0.201. The monoisotopic (exact) mass is 618 g/mol. The number of amides is 3. The van der Waals surface area contributed by atoms with Crippen molar-refractivity contribution in [1.82, 2.24) is 10.2 Å². The van der Waals surface area contributed by atoms with E-state index in [0.717, 1.165) is 29.5 Å². The second-order valence-corrected chi connectivity index (χ2v) is 11.1. The molecule has 2 atom stereocenters. The Bertz CT molecular complexity index is 1500. The normalized spacial score (nSPS) is 15.0. The van der Waals surface area contributed by atoms with Crippen LogP contribution in [-0.4, -0.2) is 62.3 Å². The minimum atomic E-state index is -0.888. The molecule has 0 spiro atoms. The van der Waals surface area contributed by atoms with E-state index in [1.54, 1.807) is 26.4 Å². The van der Waals surface area contributed by atoms with Crippen LogP contribution >= 0.6 is 0 Å². The van der Waals surface area contributed by atoms with Crippen molar-refractivity contribution in [2.24, 2.45) is 5.92 Å². The summed E-state index contributed by atoms with van der Waals surface area (Å²) in [6, 6.07) is 17.5. The number of piperidine rings is 1. The standard InChI is InChI=1S/C34H42N4O7/c1-21-8-6-7-9-26(21)36-34(42)37-27-12-10-25(19-30(27)44-4)33(35-22(2)39)23-14-16-38(17-15-23)28(20-32(40)41)24-11-13-29(43-3)31(18-24)45-5/h6-13,18-19,23,28,33H,14-17,20H2,1-5H3,(H,35,39)(H,40,41)(H2,36,37,42). The van der Waals surface area contributed by atoms with E-state index in [1.165, 1.54) is 14.0 Å². The van der Waals surface area contributed by atoms with E-state index in [9.17, 15) is 19.5 Å². The number of aliphatic carboxylic acids is 1. The number of methoxy groups -OCH3 is 3. The highest BCUT2D eigenvalue weighted by Crippen LogP contribution is 2.39. The Labute approximate surface area is 263 Å². The van der Waals surface area contributed by atoms with Gasteiger partial charge in [0.15, 0.2) is 11.5 Å². The fourth-order valence-electron chi connectivity index (χ4n) is 5.93. The van der Waals surface area contributed by atoms with Crippen molar-refractivity contribution >= 4 is 29.3 Å². The molecule has 1 heterocycles. The number of ether oxygens (including phenoxy) is 3. The van der Waals surface area contributed by atoms with E-state index in [4.69, 9.17) is 14.2 Å². The minimum absolute atomic E-state index is 0.0572. The van der Waals surface area contributed by atoms with Gasteiger partial charge in [-0.3, -0.25) is 14.5 Å². The Morgan fingerprint density at radius 1 is 0.844 bits per heavy atom. The molecule has 0 radical (unpaired) electrons. The van der Waals surface area contributed by atoms with Crippen LogP contribution in [0.3, 0.4) is 0 Å². The number of benzene rings is 3. The zero-order valence-corrected chi connectivity index (χ0v) is 26.4. The summed E-state index contributed by atoms with van der Waals surface area (Å²) in [5.41, 5.74) is 3.84. The lowest BCUT2D eigenvalue weighted by Crippen LogP contribution is -2.42. The first kappa shape index (κ1) is 33.1. The molecule has 0 aromatic heterocycles. The number of hydrogen-bond donors (Lipinski definition) is 4. The van der Waals surface area contributed by atoms with E-state index >= 15 is 0 Å². The third-order valence-electron chi connectivity index (χ3n) is 8.23. The number of hydrogen-bond acceptors (Lipinski definition) is 7. The van der Waals surface area contributed by atoms with Gasteiger partial charge >= 0.3 is 12.0 Å². The number of nitrogens with zero attached hydrogens (tertiary/aromatic N) is 1. The summed E-state index contributed by atoms with van der Waals surface area (Å²) < 4.78 is 16.5. The number of likely N-dealkylation sites (tertiary alicyclic amines) is 1. The van der Waals surface area contributed by atoms with Crippen LogP contribution in [0.2, 0.25) is 0 Å². The second-order valence-electron chi connectivity index (χ2n) is 11.1. The molecule has 4 N–H and O–H groups in total. The number of anilines is 2. The molecule has 3 amide bonds. The molecule has 3 aromatic carbocycles. The lowest BCUT2D eigenvalue weighted by atomic mass is 9.84. The van der Waals surface area contributed by atoms with Crippen LogP contribution in [0.1, 0.15) is 55.0 Å². The summed E-state index contributed by atoms with van der Waals surface area (Å²) in [5, 5.41) is 18.6. The van der Waals surface area contributed by atoms with Crippen LogP contribution in [0, 0.1) is 12.8 Å². The number of nitrogens with one attached hydrogen (secondary N) is 3. The lowest BCUT2D eigenvalue weighted by Gasteiger charge is -2.40. The lowest BCUT2D eigenvalue weighted by molar-refractivity contribution is -0.138. The number of rotatable bonds is 12. The SMILES string of the molecule is COc1cc(C(NC(C)=O)C2CCN(C(CC(=O)O)c3ccc(OC)c(OC)c3)CC2)ccc1NC(=O)Nc1ccccc1C. The molecular weight excluding hydrogens is 576 g/mol. The molecule has 1 saturated heterocycles. The predicted molar refractivity (Wildman–Crippen MR) is 172 cm³/mol. The zero-order chi connectivity index (χ0) is 32.5. The molecule has 2 unspecified atom stereocenters. The Balaban J connectivity index is 1.50. The molecule has 0 saturated carbocycles. The van der Waals surface area contributed by atoms with Gasteiger partial charge in [-0.2, -0.15) is 0 Å². The highest BCUT2D eigenvalue weighted by Gasteiger charge is 2.33. The Hall–Kier alpha value is -4.77. The third-order valence-corrected chi connectivity index (χ3v) is 8.23. The van der Waals surface area contributed by atoms with Crippen LogP contribution in [0.4, 0.5) is 16.2 Å². The summed E-state index contributed by atoms with van der Waals surface area (Å²) >= 11 is 0. The van der Waals surface area contributed by atoms with E-state index in [1.807, 2.05) is 55.5 Å². The van der Waals surface area contributed by atoms with E-state index in [-0.39, 0.29) is 30.3 Å². The molecule has 0 bridgehead atoms. The molecular formula is C34H42N4O7. The van der Waals surface area contributed by atoms with Crippen LogP contribution in [0.25, 0.3) is 0 Å². The summed E-state index contributed by atoms with van der Waals surface area (Å²) in [6.07, 6.45) is 1.41. The van der Waals surface area contributed by atoms with Crippen molar-refractivity contribution in [3.05, 3.63) is 77.4 Å². The molecule has 1 aliphatic rings. The molecule has 1 fully saturated rings. The molecule has 11 nitrogen and oxygen atoms in total. The van der Waals surface area contributed by atoms with E-state index < -0.39 is 12.0 Å². The van der Waals surface area contributed by atoms with E-state index in [0.29, 0.717) is 41.7 Å². The molecule has 240 valence electrons. The number of carbonyl (C=O) groups excluding carboxylic acids is 2. The van der Waals surface area contributed by atoms with Crippen LogP contribution < -0.4 is 30.2 Å². The van der Waals surface area contributed by atoms with Gasteiger partial charge in [-0.15, -0.1) is 0 Å². The maximum Gasteiger partial charge on any atom is 0.323 e. The molecule has 45 heavy (non-hydrogen) atoms. The van der Waals surface area contributed by atoms with Crippen LogP contribution in [-0.2, 0) is 9.59 Å². The highest BCUT2D eigenvalue weighted by atomic mass is 16.5. The fraction of sp³-hybridized carbons (Fsp3) is 0.382. The van der Waals surface area contributed by atoms with Gasteiger partial charge < -0.3 is 35.3 Å². The third kappa shape index (κ3) is 8.45. The average Bonchev–Trinajstić information content (AvgIpc) is 3.03. The number of aryl methyl sites for hydroxylation is 1. The largest absolute Gasteiger partial charge is 0.495 e. The molecule has 1 aliphatic heterocycles. The van der Waals surface area contributed by atoms with Gasteiger partial charge in [-0.1, -0.05) is 30.3 Å². The fourth-order valence-corrected chi connectivity index (χ4v) is 5.93. The average molecular weight is 619 g/mol. The van der Waals surface area contributed by atoms with Gasteiger partial charge in [0.2, 0.25) is 5.91 Å². The first-order chi connectivity index (χ1) is 21.6. The number of urea groups is 1. The van der Waals surface area contributed by atoms with Gasteiger partial charge in [0.1, 0.15) is 5.75 Å². The van der Waals surface area contributed by atoms with E-state index in [2.05, 4.69) is 20.9 Å². The maximum atomic E-state index is 12.7. The molecule has 11 heteroatoms. The van der Waals surface area contributed by atoms with Crippen molar-refractivity contribution in [2.45, 2.75) is 45.2 Å².